The van der Waals surface area contributed by atoms with Gasteiger partial charge in [0.2, 0.25) is 0 Å². The van der Waals surface area contributed by atoms with Gasteiger partial charge in [0.15, 0.2) is 0 Å². The quantitative estimate of drug-likeness (QED) is 0.852. The molecule has 0 spiro atoms. The summed E-state index contributed by atoms with van der Waals surface area (Å²) in [6, 6.07) is 2.00. The van der Waals surface area contributed by atoms with Crippen LogP contribution < -0.4 is 5.32 Å². The van der Waals surface area contributed by atoms with E-state index in [1.165, 1.54) is 25.7 Å². The highest BCUT2D eigenvalue weighted by atomic mass is 16.5. The van der Waals surface area contributed by atoms with Crippen LogP contribution in [-0.2, 0) is 4.74 Å². The molecule has 0 bridgehead atoms. The molecular weight excluding hydrogens is 236 g/mol. The molecule has 0 radical (unpaired) electrons. The largest absolute Gasteiger partial charge is 0.368 e. The fourth-order valence-electron chi connectivity index (χ4n) is 4.19. The average Bonchev–Trinajstić information content (AvgIpc) is 2.56. The molecule has 3 nitrogen and oxygen atoms in total. The van der Waals surface area contributed by atoms with Crippen LogP contribution in [-0.4, -0.2) is 48.3 Å². The summed E-state index contributed by atoms with van der Waals surface area (Å²) in [4.78, 5) is 2.61. The standard InChI is InChI=1S/C16H32N2O/c1-15(2)11-14(16(3,4)19-15)18(6)13-9-7-12(17-5)8-10-13/h12-14,17H,7-11H2,1-6H3. The number of hydrogen-bond donors (Lipinski definition) is 1. The topological polar surface area (TPSA) is 24.5 Å². The van der Waals surface area contributed by atoms with E-state index < -0.39 is 0 Å². The van der Waals surface area contributed by atoms with Gasteiger partial charge in [0, 0.05) is 18.1 Å². The Morgan fingerprint density at radius 2 is 1.63 bits per heavy atom. The lowest BCUT2D eigenvalue weighted by molar-refractivity contribution is -0.0828. The fourth-order valence-corrected chi connectivity index (χ4v) is 4.19. The summed E-state index contributed by atoms with van der Waals surface area (Å²) in [6.07, 6.45) is 6.39. The van der Waals surface area contributed by atoms with E-state index in [-0.39, 0.29) is 11.2 Å². The summed E-state index contributed by atoms with van der Waals surface area (Å²) in [7, 11) is 4.40. The molecule has 1 atom stereocenters. The van der Waals surface area contributed by atoms with Crippen molar-refractivity contribution in [1.29, 1.82) is 0 Å². The molecule has 3 heteroatoms. The highest BCUT2D eigenvalue weighted by molar-refractivity contribution is 5.01. The summed E-state index contributed by atoms with van der Waals surface area (Å²) in [6.45, 7) is 8.95. The minimum absolute atomic E-state index is 0.0185. The second-order valence-corrected chi connectivity index (χ2v) is 7.64. The highest BCUT2D eigenvalue weighted by Gasteiger charge is 2.48. The molecule has 0 aromatic heterocycles. The van der Waals surface area contributed by atoms with Gasteiger partial charge >= 0.3 is 0 Å². The van der Waals surface area contributed by atoms with Crippen molar-refractivity contribution in [1.82, 2.24) is 10.2 Å². The van der Waals surface area contributed by atoms with E-state index in [2.05, 4.69) is 52.0 Å². The Bertz CT molecular complexity index is 306. The SMILES string of the molecule is CNC1CCC(N(C)C2CC(C)(C)OC2(C)C)CC1. The van der Waals surface area contributed by atoms with E-state index in [1.54, 1.807) is 0 Å². The van der Waals surface area contributed by atoms with E-state index in [0.717, 1.165) is 18.5 Å². The van der Waals surface area contributed by atoms with Gasteiger partial charge in [-0.2, -0.15) is 0 Å². The van der Waals surface area contributed by atoms with E-state index in [4.69, 9.17) is 4.74 Å². The van der Waals surface area contributed by atoms with E-state index in [1.807, 2.05) is 0 Å². The number of nitrogens with one attached hydrogen (secondary N) is 1. The molecule has 1 N–H and O–H groups in total. The fraction of sp³-hybridized carbons (Fsp3) is 1.00. The van der Waals surface area contributed by atoms with Gasteiger partial charge < -0.3 is 10.1 Å². The maximum atomic E-state index is 6.25. The normalized spacial score (nSPS) is 37.7. The van der Waals surface area contributed by atoms with E-state index in [0.29, 0.717) is 6.04 Å². The first-order chi connectivity index (χ1) is 8.75. The Morgan fingerprint density at radius 1 is 1.05 bits per heavy atom. The molecule has 0 amide bonds. The lowest BCUT2D eigenvalue weighted by Gasteiger charge is -2.41. The Labute approximate surface area is 119 Å². The first-order valence-electron chi connectivity index (χ1n) is 7.84. The van der Waals surface area contributed by atoms with Crippen LogP contribution in [0.25, 0.3) is 0 Å². The van der Waals surface area contributed by atoms with Crippen molar-refractivity contribution in [3.63, 3.8) is 0 Å². The third kappa shape index (κ3) is 3.32. The summed E-state index contributed by atoms with van der Waals surface area (Å²) >= 11 is 0. The van der Waals surface area contributed by atoms with Crippen LogP contribution in [0.3, 0.4) is 0 Å². The first kappa shape index (κ1) is 15.3. The number of hydrogen-bond acceptors (Lipinski definition) is 3. The van der Waals surface area contributed by atoms with Crippen molar-refractivity contribution in [2.24, 2.45) is 0 Å². The van der Waals surface area contributed by atoms with Gasteiger partial charge in [0.05, 0.1) is 11.2 Å². The third-order valence-electron chi connectivity index (χ3n) is 5.20. The number of rotatable bonds is 3. The monoisotopic (exact) mass is 268 g/mol. The Hall–Kier alpha value is -0.120. The molecule has 1 aliphatic heterocycles. The van der Waals surface area contributed by atoms with Crippen molar-refractivity contribution in [3.05, 3.63) is 0 Å². The Morgan fingerprint density at radius 3 is 2.05 bits per heavy atom. The summed E-state index contributed by atoms with van der Waals surface area (Å²) in [5.41, 5.74) is -0.0112. The van der Waals surface area contributed by atoms with Crippen molar-refractivity contribution in [3.8, 4) is 0 Å². The molecule has 2 rings (SSSR count). The van der Waals surface area contributed by atoms with Gasteiger partial charge in [-0.05, 0) is 73.9 Å². The molecule has 0 aromatic rings. The molecule has 1 heterocycles. The van der Waals surface area contributed by atoms with Gasteiger partial charge in [0.25, 0.3) is 0 Å². The van der Waals surface area contributed by atoms with Crippen molar-refractivity contribution >= 4 is 0 Å². The van der Waals surface area contributed by atoms with Crippen LogP contribution in [0.4, 0.5) is 0 Å². The maximum absolute atomic E-state index is 6.25. The number of likely N-dealkylation sites (N-methyl/N-ethyl adjacent to an activating group) is 1. The lowest BCUT2D eigenvalue weighted by Crippen LogP contribution is -2.50. The summed E-state index contributed by atoms with van der Waals surface area (Å²) in [5, 5.41) is 3.42. The molecule has 1 aliphatic carbocycles. The highest BCUT2D eigenvalue weighted by Crippen LogP contribution is 2.41. The maximum Gasteiger partial charge on any atom is 0.0789 e. The molecule has 1 saturated heterocycles. The van der Waals surface area contributed by atoms with Crippen LogP contribution in [0.2, 0.25) is 0 Å². The minimum atomic E-state index is -0.0297. The van der Waals surface area contributed by atoms with E-state index in [9.17, 15) is 0 Å². The zero-order valence-corrected chi connectivity index (χ0v) is 13.6. The molecule has 0 aromatic carbocycles. The van der Waals surface area contributed by atoms with Gasteiger partial charge in [-0.15, -0.1) is 0 Å². The lowest BCUT2D eigenvalue weighted by atomic mass is 9.86. The zero-order chi connectivity index (χ0) is 14.3. The van der Waals surface area contributed by atoms with Gasteiger partial charge in [-0.25, -0.2) is 0 Å². The third-order valence-corrected chi connectivity index (χ3v) is 5.20. The molecule has 1 saturated carbocycles. The predicted molar refractivity (Wildman–Crippen MR) is 80.5 cm³/mol. The van der Waals surface area contributed by atoms with Crippen molar-refractivity contribution < 1.29 is 4.74 Å². The second-order valence-electron chi connectivity index (χ2n) is 7.64. The van der Waals surface area contributed by atoms with Crippen molar-refractivity contribution in [2.45, 2.75) is 89.1 Å². The second kappa shape index (κ2) is 5.34. The Balaban J connectivity index is 1.98. The molecule has 19 heavy (non-hydrogen) atoms. The van der Waals surface area contributed by atoms with Crippen LogP contribution in [0.15, 0.2) is 0 Å². The van der Waals surface area contributed by atoms with Gasteiger partial charge in [-0.1, -0.05) is 0 Å². The minimum Gasteiger partial charge on any atom is -0.368 e. The average molecular weight is 268 g/mol. The van der Waals surface area contributed by atoms with Gasteiger partial charge in [-0.3, -0.25) is 4.90 Å². The van der Waals surface area contributed by atoms with Gasteiger partial charge in [0.1, 0.15) is 0 Å². The summed E-state index contributed by atoms with van der Waals surface area (Å²) in [5.74, 6) is 0. The van der Waals surface area contributed by atoms with Crippen LogP contribution in [0.1, 0.15) is 59.8 Å². The van der Waals surface area contributed by atoms with Crippen LogP contribution in [0, 0.1) is 0 Å². The molecule has 1 unspecified atom stereocenters. The van der Waals surface area contributed by atoms with Crippen molar-refractivity contribution in [2.75, 3.05) is 14.1 Å². The van der Waals surface area contributed by atoms with Crippen LogP contribution >= 0.6 is 0 Å². The molecule has 112 valence electrons. The number of nitrogens with zero attached hydrogens (tertiary/aromatic N) is 1. The smallest absolute Gasteiger partial charge is 0.0789 e. The predicted octanol–water partition coefficient (Wildman–Crippen LogP) is 2.79. The Kier molecular flexibility index (Phi) is 4.29. The molecule has 2 aliphatic rings. The first-order valence-corrected chi connectivity index (χ1v) is 7.84. The van der Waals surface area contributed by atoms with E-state index >= 15 is 0 Å². The zero-order valence-electron chi connectivity index (χ0n) is 13.6. The molecule has 2 fully saturated rings. The summed E-state index contributed by atoms with van der Waals surface area (Å²) < 4.78 is 6.25. The van der Waals surface area contributed by atoms with Crippen LogP contribution in [0.5, 0.6) is 0 Å². The molecular formula is C16H32N2O. The number of ether oxygens (including phenoxy) is 1.